The quantitative estimate of drug-likeness (QED) is 0.818. The molecule has 1 amide bonds. The molecule has 0 spiro atoms. The number of rotatable bonds is 5. The van der Waals surface area contributed by atoms with Gasteiger partial charge in [0.05, 0.1) is 12.7 Å². The van der Waals surface area contributed by atoms with Crippen LogP contribution in [0, 0.1) is 19.3 Å². The van der Waals surface area contributed by atoms with Crippen molar-refractivity contribution < 1.29 is 9.53 Å². The molecular weight excluding hydrogens is 362 g/mol. The number of methoxy groups -OCH3 is 1. The number of aryl methyl sites for hydroxylation is 1. The van der Waals surface area contributed by atoms with Crippen molar-refractivity contribution in [2.45, 2.75) is 33.6 Å². The first-order valence-corrected chi connectivity index (χ1v) is 9.26. The van der Waals surface area contributed by atoms with Crippen LogP contribution in [0.3, 0.4) is 0 Å². The smallest absolute Gasteiger partial charge is 0.253 e. The zero-order valence-corrected chi connectivity index (χ0v) is 17.4. The van der Waals surface area contributed by atoms with Crippen LogP contribution in [-0.4, -0.2) is 37.2 Å². The minimum absolute atomic E-state index is 0. The van der Waals surface area contributed by atoms with Gasteiger partial charge in [0.15, 0.2) is 0 Å². The predicted octanol–water partition coefficient (Wildman–Crippen LogP) is 3.64. The van der Waals surface area contributed by atoms with Gasteiger partial charge in [-0.25, -0.2) is 0 Å². The van der Waals surface area contributed by atoms with E-state index >= 15 is 0 Å². The van der Waals surface area contributed by atoms with E-state index in [1.54, 1.807) is 7.11 Å². The summed E-state index contributed by atoms with van der Waals surface area (Å²) < 4.78 is 7.34. The number of carbonyl (C=O) groups is 1. The van der Waals surface area contributed by atoms with Gasteiger partial charge in [-0.15, -0.1) is 12.4 Å². The fourth-order valence-electron chi connectivity index (χ4n) is 3.72. The SMILES string of the molecule is COc1ccc(-n2c(C)cc(C(=O)NCC3(C)CCNCC3)c2C)cc1.Cl. The molecule has 0 bridgehead atoms. The highest BCUT2D eigenvalue weighted by Gasteiger charge is 2.27. The van der Waals surface area contributed by atoms with Gasteiger partial charge < -0.3 is 19.9 Å². The van der Waals surface area contributed by atoms with Gasteiger partial charge in [-0.05, 0) is 75.5 Å². The molecular formula is C21H30ClN3O2. The molecule has 5 nitrogen and oxygen atoms in total. The molecule has 0 atom stereocenters. The van der Waals surface area contributed by atoms with Crippen molar-refractivity contribution in [1.82, 2.24) is 15.2 Å². The summed E-state index contributed by atoms with van der Waals surface area (Å²) in [4.78, 5) is 12.8. The van der Waals surface area contributed by atoms with Gasteiger partial charge in [-0.2, -0.15) is 0 Å². The largest absolute Gasteiger partial charge is 0.497 e. The molecule has 2 heterocycles. The molecule has 1 aromatic heterocycles. The maximum atomic E-state index is 12.8. The first kappa shape index (κ1) is 21.3. The molecule has 1 fully saturated rings. The number of nitrogens with one attached hydrogen (secondary N) is 2. The van der Waals surface area contributed by atoms with Crippen molar-refractivity contribution in [3.05, 3.63) is 47.3 Å². The van der Waals surface area contributed by atoms with Crippen LogP contribution < -0.4 is 15.4 Å². The number of nitrogens with zero attached hydrogens (tertiary/aromatic N) is 1. The van der Waals surface area contributed by atoms with E-state index in [-0.39, 0.29) is 23.7 Å². The number of carbonyl (C=O) groups excluding carboxylic acids is 1. The second-order valence-corrected chi connectivity index (χ2v) is 7.56. The van der Waals surface area contributed by atoms with Crippen molar-refractivity contribution in [2.75, 3.05) is 26.7 Å². The number of halogens is 1. The Morgan fingerprint density at radius 3 is 2.44 bits per heavy atom. The van der Waals surface area contributed by atoms with Crippen molar-refractivity contribution >= 4 is 18.3 Å². The fourth-order valence-corrected chi connectivity index (χ4v) is 3.72. The van der Waals surface area contributed by atoms with Crippen molar-refractivity contribution in [3.8, 4) is 11.4 Å². The van der Waals surface area contributed by atoms with E-state index in [1.807, 2.05) is 44.2 Å². The molecule has 0 saturated carbocycles. The Kier molecular flexibility index (Phi) is 6.95. The Morgan fingerprint density at radius 2 is 1.85 bits per heavy atom. The average molecular weight is 392 g/mol. The van der Waals surface area contributed by atoms with Crippen molar-refractivity contribution in [2.24, 2.45) is 5.41 Å². The number of piperidine rings is 1. The van der Waals surface area contributed by atoms with Crippen LogP contribution >= 0.6 is 12.4 Å². The van der Waals surface area contributed by atoms with Crippen LogP contribution in [0.4, 0.5) is 0 Å². The lowest BCUT2D eigenvalue weighted by molar-refractivity contribution is 0.0921. The molecule has 3 rings (SSSR count). The number of hydrogen-bond donors (Lipinski definition) is 2. The Hall–Kier alpha value is -1.98. The third-order valence-electron chi connectivity index (χ3n) is 5.49. The summed E-state index contributed by atoms with van der Waals surface area (Å²) in [5.41, 5.74) is 3.97. The van der Waals surface area contributed by atoms with Crippen LogP contribution in [0.2, 0.25) is 0 Å². The molecule has 148 valence electrons. The van der Waals surface area contributed by atoms with Crippen LogP contribution in [0.5, 0.6) is 5.75 Å². The summed E-state index contributed by atoms with van der Waals surface area (Å²) in [6.07, 6.45) is 2.19. The zero-order valence-electron chi connectivity index (χ0n) is 16.6. The molecule has 27 heavy (non-hydrogen) atoms. The fraction of sp³-hybridized carbons (Fsp3) is 0.476. The number of amides is 1. The number of ether oxygens (including phenoxy) is 1. The van der Waals surface area contributed by atoms with E-state index < -0.39 is 0 Å². The molecule has 1 aliphatic heterocycles. The third kappa shape index (κ3) is 4.66. The minimum atomic E-state index is 0. The highest BCUT2D eigenvalue weighted by Crippen LogP contribution is 2.27. The lowest BCUT2D eigenvalue weighted by Crippen LogP contribution is -2.43. The second-order valence-electron chi connectivity index (χ2n) is 7.56. The minimum Gasteiger partial charge on any atom is -0.497 e. The average Bonchev–Trinajstić information content (AvgIpc) is 2.95. The van der Waals surface area contributed by atoms with Gasteiger partial charge in [0.2, 0.25) is 0 Å². The van der Waals surface area contributed by atoms with Gasteiger partial charge in [-0.1, -0.05) is 6.92 Å². The van der Waals surface area contributed by atoms with E-state index in [2.05, 4.69) is 22.1 Å². The molecule has 1 aliphatic rings. The van der Waals surface area contributed by atoms with Gasteiger partial charge >= 0.3 is 0 Å². The Morgan fingerprint density at radius 1 is 1.22 bits per heavy atom. The normalized spacial score (nSPS) is 15.7. The van der Waals surface area contributed by atoms with E-state index in [0.717, 1.165) is 60.9 Å². The third-order valence-corrected chi connectivity index (χ3v) is 5.49. The number of hydrogen-bond acceptors (Lipinski definition) is 3. The lowest BCUT2D eigenvalue weighted by atomic mass is 9.81. The van der Waals surface area contributed by atoms with Gasteiger partial charge in [0, 0.05) is 23.6 Å². The van der Waals surface area contributed by atoms with E-state index in [9.17, 15) is 4.79 Å². The lowest BCUT2D eigenvalue weighted by Gasteiger charge is -2.34. The van der Waals surface area contributed by atoms with Crippen LogP contribution in [0.15, 0.2) is 30.3 Å². The van der Waals surface area contributed by atoms with Crippen LogP contribution in [0.25, 0.3) is 5.69 Å². The first-order valence-electron chi connectivity index (χ1n) is 9.26. The van der Waals surface area contributed by atoms with Crippen LogP contribution in [0.1, 0.15) is 41.5 Å². The van der Waals surface area contributed by atoms with E-state index in [1.165, 1.54) is 0 Å². The first-order chi connectivity index (χ1) is 12.4. The van der Waals surface area contributed by atoms with Gasteiger partial charge in [0.25, 0.3) is 5.91 Å². The highest BCUT2D eigenvalue weighted by atomic mass is 35.5. The molecule has 2 aromatic rings. The van der Waals surface area contributed by atoms with E-state index in [4.69, 9.17) is 4.74 Å². The summed E-state index contributed by atoms with van der Waals surface area (Å²) in [5, 5.41) is 6.54. The number of benzene rings is 1. The molecule has 0 radical (unpaired) electrons. The standard InChI is InChI=1S/C21H29N3O2.ClH/c1-15-13-19(20(25)23-14-21(3)9-11-22-12-10-21)16(2)24(15)17-5-7-18(26-4)8-6-17;/h5-8,13,22H,9-12,14H2,1-4H3,(H,23,25);1H. The van der Waals surface area contributed by atoms with Gasteiger partial charge in [-0.3, -0.25) is 4.79 Å². The summed E-state index contributed by atoms with van der Waals surface area (Å²) in [6.45, 7) is 9.06. The molecule has 1 saturated heterocycles. The van der Waals surface area contributed by atoms with Crippen molar-refractivity contribution in [3.63, 3.8) is 0 Å². The number of aromatic nitrogens is 1. The maximum absolute atomic E-state index is 12.8. The zero-order chi connectivity index (χ0) is 18.7. The van der Waals surface area contributed by atoms with E-state index in [0.29, 0.717) is 0 Å². The van der Waals surface area contributed by atoms with Gasteiger partial charge in [0.1, 0.15) is 5.75 Å². The molecule has 6 heteroatoms. The monoisotopic (exact) mass is 391 g/mol. The Bertz CT molecular complexity index is 777. The highest BCUT2D eigenvalue weighted by molar-refractivity contribution is 5.96. The molecule has 2 N–H and O–H groups in total. The maximum Gasteiger partial charge on any atom is 0.253 e. The molecule has 0 unspecified atom stereocenters. The summed E-state index contributed by atoms with van der Waals surface area (Å²) in [7, 11) is 1.66. The Labute approximate surface area is 167 Å². The predicted molar refractivity (Wildman–Crippen MR) is 112 cm³/mol. The molecule has 0 aliphatic carbocycles. The topological polar surface area (TPSA) is 55.3 Å². The molecule has 1 aromatic carbocycles. The summed E-state index contributed by atoms with van der Waals surface area (Å²) >= 11 is 0. The second kappa shape index (κ2) is 8.81. The van der Waals surface area contributed by atoms with Crippen LogP contribution in [-0.2, 0) is 0 Å². The Balaban J connectivity index is 0.00000261. The van der Waals surface area contributed by atoms with Crippen molar-refractivity contribution in [1.29, 1.82) is 0 Å². The summed E-state index contributed by atoms with van der Waals surface area (Å²) in [5.74, 6) is 0.835. The summed E-state index contributed by atoms with van der Waals surface area (Å²) in [6, 6.07) is 9.87.